The maximum absolute atomic E-state index is 13.4. The molecule has 13 heteroatoms. The first-order valence-electron chi connectivity index (χ1n) is 15.4. The summed E-state index contributed by atoms with van der Waals surface area (Å²) in [6, 6.07) is 23.4. The van der Waals surface area contributed by atoms with Crippen molar-refractivity contribution in [2.45, 2.75) is 44.5 Å². The second-order valence-corrected chi connectivity index (χ2v) is 11.7. The second-order valence-electron chi connectivity index (χ2n) is 11.7. The van der Waals surface area contributed by atoms with Gasteiger partial charge in [0.05, 0.1) is 32.1 Å². The first-order valence-corrected chi connectivity index (χ1v) is 15.4. The van der Waals surface area contributed by atoms with Gasteiger partial charge in [-0.3, -0.25) is 14.6 Å². The fourth-order valence-corrected chi connectivity index (χ4v) is 6.63. The minimum absolute atomic E-state index is 0. The van der Waals surface area contributed by atoms with E-state index in [-0.39, 0.29) is 66.6 Å². The number of methoxy groups -OCH3 is 2. The molecule has 252 valence electrons. The summed E-state index contributed by atoms with van der Waals surface area (Å²) in [4.78, 5) is 29.3. The highest BCUT2D eigenvalue weighted by molar-refractivity contribution is 5.91. The smallest absolute Gasteiger partial charge is 0.322 e. The van der Waals surface area contributed by atoms with E-state index < -0.39 is 0 Å². The number of nitrogens with zero attached hydrogens (tertiary/aromatic N) is 6. The van der Waals surface area contributed by atoms with Gasteiger partial charge in [0.15, 0.2) is 0 Å². The molecule has 2 aromatic heterocycles. The van der Waals surface area contributed by atoms with Crippen molar-refractivity contribution in [2.24, 2.45) is 0 Å². The molecule has 0 bridgehead atoms. The lowest BCUT2D eigenvalue weighted by molar-refractivity contribution is -0.0300. The SMILES string of the molecule is COc1nc(OC)c(CN2CC3CN(C(=O)c4ccno4)CCN3C(C(c3ccccc3)c3ccccc3)C2)c(OC(C)C)n1.Cl.Cl. The van der Waals surface area contributed by atoms with E-state index in [1.165, 1.54) is 24.4 Å². The number of fused-ring (bicyclic) bond motifs is 1. The number of hydrogen-bond donors (Lipinski definition) is 0. The first kappa shape index (κ1) is 35.9. The van der Waals surface area contributed by atoms with Crippen LogP contribution in [0.25, 0.3) is 0 Å². The van der Waals surface area contributed by atoms with Gasteiger partial charge in [0.25, 0.3) is 5.91 Å². The van der Waals surface area contributed by atoms with Gasteiger partial charge in [0, 0.05) is 63.3 Å². The number of rotatable bonds is 10. The normalized spacial score (nSPS) is 18.2. The molecule has 11 nitrogen and oxygen atoms in total. The highest BCUT2D eigenvalue weighted by Gasteiger charge is 2.44. The molecule has 0 aliphatic carbocycles. The Morgan fingerprint density at radius 3 is 2.11 bits per heavy atom. The Hall–Kier alpha value is -3.90. The average Bonchev–Trinajstić information content (AvgIpc) is 3.61. The van der Waals surface area contributed by atoms with Gasteiger partial charge < -0.3 is 23.6 Å². The van der Waals surface area contributed by atoms with Crippen molar-refractivity contribution in [1.82, 2.24) is 29.8 Å². The van der Waals surface area contributed by atoms with Crippen LogP contribution in [0.1, 0.15) is 47.0 Å². The molecule has 2 aliphatic heterocycles. The summed E-state index contributed by atoms with van der Waals surface area (Å²) < 4.78 is 22.5. The summed E-state index contributed by atoms with van der Waals surface area (Å²) >= 11 is 0. The molecule has 2 saturated heterocycles. The van der Waals surface area contributed by atoms with Gasteiger partial charge in [-0.2, -0.15) is 9.97 Å². The number of hydrogen-bond acceptors (Lipinski definition) is 10. The summed E-state index contributed by atoms with van der Waals surface area (Å²) in [5, 5.41) is 3.75. The molecule has 2 aliphatic rings. The van der Waals surface area contributed by atoms with Gasteiger partial charge in [0.1, 0.15) is 0 Å². The first-order chi connectivity index (χ1) is 21.9. The van der Waals surface area contributed by atoms with Crippen molar-refractivity contribution < 1.29 is 23.5 Å². The van der Waals surface area contributed by atoms with Gasteiger partial charge in [-0.15, -0.1) is 24.8 Å². The number of amides is 1. The molecule has 0 radical (unpaired) electrons. The van der Waals surface area contributed by atoms with Gasteiger partial charge in [-0.1, -0.05) is 65.8 Å². The van der Waals surface area contributed by atoms with E-state index in [4.69, 9.17) is 18.7 Å². The number of piperazine rings is 2. The van der Waals surface area contributed by atoms with E-state index in [9.17, 15) is 4.79 Å². The van der Waals surface area contributed by atoms with Crippen molar-refractivity contribution in [3.8, 4) is 17.8 Å². The number of carbonyl (C=O) groups excluding carboxylic acids is 1. The molecule has 2 unspecified atom stereocenters. The van der Waals surface area contributed by atoms with Crippen molar-refractivity contribution >= 4 is 30.7 Å². The maximum Gasteiger partial charge on any atom is 0.322 e. The van der Waals surface area contributed by atoms with Crippen molar-refractivity contribution in [1.29, 1.82) is 0 Å². The zero-order chi connectivity index (χ0) is 31.3. The topological polar surface area (TPSA) is 106 Å². The summed E-state index contributed by atoms with van der Waals surface area (Å²) in [6.45, 7) is 7.85. The highest BCUT2D eigenvalue weighted by atomic mass is 35.5. The van der Waals surface area contributed by atoms with E-state index in [0.717, 1.165) is 25.2 Å². The van der Waals surface area contributed by atoms with Crippen LogP contribution in [0.3, 0.4) is 0 Å². The summed E-state index contributed by atoms with van der Waals surface area (Å²) in [6.07, 6.45) is 1.40. The third-order valence-electron chi connectivity index (χ3n) is 8.52. The molecule has 2 fully saturated rings. The molecule has 2 atom stereocenters. The minimum atomic E-state index is -0.138. The standard InChI is InChI=1S/C34H40N6O5.2ClH/c1-23(2)44-32-27(31(42-3)36-34(37-32)43-4)21-38-19-26-20-39(33(41)29-15-16-35-45-29)17-18-40(26)28(22-38)30(24-11-7-5-8-12-24)25-13-9-6-10-14-25;;/h5-16,23,26,28,30H,17-22H2,1-4H3;2*1H. The predicted molar refractivity (Wildman–Crippen MR) is 182 cm³/mol. The zero-order valence-corrected chi connectivity index (χ0v) is 28.7. The Balaban J connectivity index is 0.00000250. The number of halogens is 2. The van der Waals surface area contributed by atoms with Crippen molar-refractivity contribution in [2.75, 3.05) is 46.9 Å². The van der Waals surface area contributed by atoms with Crippen LogP contribution in [0.15, 0.2) is 77.4 Å². The third kappa shape index (κ3) is 7.98. The molecule has 4 aromatic rings. The van der Waals surface area contributed by atoms with Crippen molar-refractivity contribution in [3.63, 3.8) is 0 Å². The Morgan fingerprint density at radius 1 is 0.872 bits per heavy atom. The molecular formula is C34H42Cl2N6O5. The molecule has 0 spiro atoms. The van der Waals surface area contributed by atoms with E-state index in [1.807, 2.05) is 18.7 Å². The monoisotopic (exact) mass is 684 g/mol. The van der Waals surface area contributed by atoms with Gasteiger partial charge in [-0.25, -0.2) is 0 Å². The zero-order valence-electron chi connectivity index (χ0n) is 27.0. The summed E-state index contributed by atoms with van der Waals surface area (Å²) in [7, 11) is 3.12. The van der Waals surface area contributed by atoms with Crippen LogP contribution >= 0.6 is 24.8 Å². The molecular weight excluding hydrogens is 643 g/mol. The lowest BCUT2D eigenvalue weighted by Gasteiger charge is -2.53. The molecule has 1 amide bonds. The van der Waals surface area contributed by atoms with Crippen LogP contribution in [0, 0.1) is 0 Å². The van der Waals surface area contributed by atoms with Crippen LogP contribution < -0.4 is 14.2 Å². The number of carbonyl (C=O) groups is 1. The van der Waals surface area contributed by atoms with E-state index in [0.29, 0.717) is 31.4 Å². The molecule has 47 heavy (non-hydrogen) atoms. The highest BCUT2D eigenvalue weighted by Crippen LogP contribution is 2.37. The summed E-state index contributed by atoms with van der Waals surface area (Å²) in [5.41, 5.74) is 3.27. The Kier molecular flexibility index (Phi) is 12.4. The molecule has 0 saturated carbocycles. The Morgan fingerprint density at radius 2 is 1.53 bits per heavy atom. The third-order valence-corrected chi connectivity index (χ3v) is 8.52. The second kappa shape index (κ2) is 16.3. The fourth-order valence-electron chi connectivity index (χ4n) is 6.63. The maximum atomic E-state index is 13.4. The average molecular weight is 686 g/mol. The van der Waals surface area contributed by atoms with Crippen LogP contribution in [0.2, 0.25) is 0 Å². The summed E-state index contributed by atoms with van der Waals surface area (Å²) in [5.74, 6) is 1.09. The van der Waals surface area contributed by atoms with Gasteiger partial charge in [0.2, 0.25) is 17.5 Å². The largest absolute Gasteiger partial charge is 0.481 e. The van der Waals surface area contributed by atoms with Crippen LogP contribution in [-0.4, -0.2) is 101 Å². The lowest BCUT2D eigenvalue weighted by atomic mass is 9.81. The predicted octanol–water partition coefficient (Wildman–Crippen LogP) is 4.96. The van der Waals surface area contributed by atoms with Gasteiger partial charge >= 0.3 is 6.01 Å². The number of ether oxygens (including phenoxy) is 3. The number of aromatic nitrogens is 3. The lowest BCUT2D eigenvalue weighted by Crippen LogP contribution is -2.67. The minimum Gasteiger partial charge on any atom is -0.481 e. The Labute approximate surface area is 288 Å². The van der Waals surface area contributed by atoms with E-state index in [1.54, 1.807) is 13.2 Å². The Bertz CT molecular complexity index is 1520. The van der Waals surface area contributed by atoms with Crippen LogP contribution in [0.4, 0.5) is 0 Å². The fraction of sp³-hybridized carbons (Fsp3) is 0.412. The van der Waals surface area contributed by atoms with E-state index in [2.05, 4.69) is 85.6 Å². The van der Waals surface area contributed by atoms with Crippen LogP contribution in [0.5, 0.6) is 17.8 Å². The number of benzene rings is 2. The van der Waals surface area contributed by atoms with E-state index >= 15 is 0 Å². The molecule has 6 rings (SSSR count). The molecule has 2 aromatic carbocycles. The van der Waals surface area contributed by atoms with Gasteiger partial charge in [-0.05, 0) is 25.0 Å². The molecule has 4 heterocycles. The quantitative estimate of drug-likeness (QED) is 0.228. The van der Waals surface area contributed by atoms with Crippen LogP contribution in [-0.2, 0) is 6.54 Å². The van der Waals surface area contributed by atoms with Crippen molar-refractivity contribution in [3.05, 3.63) is 95.4 Å². The molecule has 0 N–H and O–H groups in total.